The van der Waals surface area contributed by atoms with E-state index in [9.17, 15) is 22.4 Å². The summed E-state index contributed by atoms with van der Waals surface area (Å²) >= 11 is 0. The molecule has 0 N–H and O–H groups in total. The minimum Gasteiger partial charge on any atom is -0.452 e. The summed E-state index contributed by atoms with van der Waals surface area (Å²) in [6.45, 7) is 3.12. The first-order valence-electron chi connectivity index (χ1n) is 11.0. The second-order valence-corrected chi connectivity index (χ2v) is 9.83. The van der Waals surface area contributed by atoms with Crippen molar-refractivity contribution in [3.05, 3.63) is 65.0 Å². The third kappa shape index (κ3) is 5.25. The molecule has 0 bridgehead atoms. The number of fused-ring (bicyclic) bond motifs is 1. The van der Waals surface area contributed by atoms with Crippen LogP contribution in [0.2, 0.25) is 0 Å². The van der Waals surface area contributed by atoms with E-state index in [1.807, 2.05) is 18.2 Å². The van der Waals surface area contributed by atoms with Crippen molar-refractivity contribution < 1.29 is 27.1 Å². The molecule has 33 heavy (non-hydrogen) atoms. The Bertz CT molecular complexity index is 1130. The molecule has 0 radical (unpaired) electrons. The Balaban J connectivity index is 1.71. The van der Waals surface area contributed by atoms with Crippen molar-refractivity contribution in [2.75, 3.05) is 26.7 Å². The highest BCUT2D eigenvalue weighted by atomic mass is 32.2. The molecular weight excluding hydrogens is 447 g/mol. The fourth-order valence-electron chi connectivity index (χ4n) is 4.15. The van der Waals surface area contributed by atoms with Crippen LogP contribution in [0.4, 0.5) is 4.39 Å². The number of benzene rings is 2. The van der Waals surface area contributed by atoms with Gasteiger partial charge in [-0.3, -0.25) is 4.79 Å². The van der Waals surface area contributed by atoms with Crippen LogP contribution in [0.3, 0.4) is 0 Å². The topological polar surface area (TPSA) is 84.0 Å². The van der Waals surface area contributed by atoms with E-state index < -0.39 is 33.3 Å². The average Bonchev–Trinajstić information content (AvgIpc) is 2.82. The number of amides is 1. The molecule has 9 heteroatoms. The lowest BCUT2D eigenvalue weighted by atomic mass is 9.87. The highest BCUT2D eigenvalue weighted by molar-refractivity contribution is 7.89. The van der Waals surface area contributed by atoms with E-state index in [0.717, 1.165) is 47.3 Å². The van der Waals surface area contributed by atoms with Gasteiger partial charge in [0, 0.05) is 20.1 Å². The number of carbonyl (C=O) groups excluding carboxylic acids is 2. The van der Waals surface area contributed by atoms with Crippen molar-refractivity contribution >= 4 is 21.9 Å². The molecule has 7 nitrogen and oxygen atoms in total. The van der Waals surface area contributed by atoms with Crippen LogP contribution in [0, 0.1) is 5.82 Å². The van der Waals surface area contributed by atoms with Crippen molar-refractivity contribution in [1.29, 1.82) is 0 Å². The van der Waals surface area contributed by atoms with Gasteiger partial charge in [0.2, 0.25) is 10.0 Å². The summed E-state index contributed by atoms with van der Waals surface area (Å²) in [5.41, 5.74) is 2.16. The smallest absolute Gasteiger partial charge is 0.338 e. The first kappa shape index (κ1) is 24.9. The van der Waals surface area contributed by atoms with Crippen LogP contribution in [0.5, 0.6) is 0 Å². The van der Waals surface area contributed by atoms with E-state index in [0.29, 0.717) is 0 Å². The molecule has 1 atom stereocenters. The first-order valence-corrected chi connectivity index (χ1v) is 12.4. The molecule has 1 unspecified atom stereocenters. The van der Waals surface area contributed by atoms with Gasteiger partial charge in [0.25, 0.3) is 5.91 Å². The largest absolute Gasteiger partial charge is 0.452 e. The van der Waals surface area contributed by atoms with Crippen LogP contribution in [-0.2, 0) is 26.0 Å². The number of hydrogen-bond donors (Lipinski definition) is 0. The Kier molecular flexibility index (Phi) is 7.86. The number of carbonyl (C=O) groups is 2. The standard InChI is InChI=1S/C24H29FN2O5S/c1-4-27(5-2)33(30,31)22-15-18(13-14-20(22)25)24(29)32-16-23(28)26(3)21-12-8-10-17-9-6-7-11-19(17)21/h6-7,9,11,13-15,21H,4-5,8,10,12,16H2,1-3H3. The molecule has 2 aromatic carbocycles. The minimum absolute atomic E-state index is 0.0993. The predicted octanol–water partition coefficient (Wildman–Crippen LogP) is 3.55. The van der Waals surface area contributed by atoms with Gasteiger partial charge in [-0.2, -0.15) is 4.31 Å². The number of ether oxygens (including phenoxy) is 1. The Morgan fingerprint density at radius 1 is 1.12 bits per heavy atom. The maximum Gasteiger partial charge on any atom is 0.338 e. The average molecular weight is 477 g/mol. The maximum atomic E-state index is 14.3. The molecule has 0 aromatic heterocycles. The van der Waals surface area contributed by atoms with Gasteiger partial charge >= 0.3 is 5.97 Å². The molecule has 0 aliphatic heterocycles. The zero-order chi connectivity index (χ0) is 24.2. The van der Waals surface area contributed by atoms with Gasteiger partial charge in [-0.05, 0) is 48.6 Å². The van der Waals surface area contributed by atoms with Crippen LogP contribution >= 0.6 is 0 Å². The van der Waals surface area contributed by atoms with E-state index in [1.54, 1.807) is 25.8 Å². The summed E-state index contributed by atoms with van der Waals surface area (Å²) < 4.78 is 45.9. The van der Waals surface area contributed by atoms with Gasteiger partial charge in [0.1, 0.15) is 10.7 Å². The zero-order valence-electron chi connectivity index (χ0n) is 19.1. The fraction of sp³-hybridized carbons (Fsp3) is 0.417. The third-order valence-electron chi connectivity index (χ3n) is 6.02. The molecule has 178 valence electrons. The number of aryl methyl sites for hydroxylation is 1. The molecule has 0 heterocycles. The van der Waals surface area contributed by atoms with Gasteiger partial charge in [0.15, 0.2) is 6.61 Å². The Morgan fingerprint density at radius 3 is 2.52 bits per heavy atom. The fourth-order valence-corrected chi connectivity index (χ4v) is 5.70. The van der Waals surface area contributed by atoms with Crippen LogP contribution in [-0.4, -0.2) is 56.2 Å². The first-order chi connectivity index (χ1) is 15.7. The lowest BCUT2D eigenvalue weighted by Crippen LogP contribution is -2.36. The van der Waals surface area contributed by atoms with Crippen molar-refractivity contribution in [3.63, 3.8) is 0 Å². The van der Waals surface area contributed by atoms with Crippen molar-refractivity contribution in [2.45, 2.75) is 44.0 Å². The van der Waals surface area contributed by atoms with Crippen LogP contribution in [0.1, 0.15) is 54.2 Å². The van der Waals surface area contributed by atoms with Crippen molar-refractivity contribution in [1.82, 2.24) is 9.21 Å². The minimum atomic E-state index is -4.10. The van der Waals surface area contributed by atoms with Crippen molar-refractivity contribution in [3.8, 4) is 0 Å². The SMILES string of the molecule is CCN(CC)S(=O)(=O)c1cc(C(=O)OCC(=O)N(C)C2CCCc3ccccc32)ccc1F. The second kappa shape index (κ2) is 10.4. The molecule has 1 amide bonds. The number of esters is 1. The number of nitrogens with zero attached hydrogens (tertiary/aromatic N) is 2. The molecule has 0 fully saturated rings. The number of halogens is 1. The third-order valence-corrected chi connectivity index (χ3v) is 8.08. The highest BCUT2D eigenvalue weighted by Gasteiger charge is 2.29. The Labute approximate surface area is 194 Å². The number of likely N-dealkylation sites (N-methyl/N-ethyl adjacent to an activating group) is 1. The quantitative estimate of drug-likeness (QED) is 0.544. The zero-order valence-corrected chi connectivity index (χ0v) is 19.9. The predicted molar refractivity (Wildman–Crippen MR) is 122 cm³/mol. The van der Waals surface area contributed by atoms with Gasteiger partial charge in [-0.1, -0.05) is 38.1 Å². The molecular formula is C24H29FN2O5S. The van der Waals surface area contributed by atoms with Crippen LogP contribution < -0.4 is 0 Å². The van der Waals surface area contributed by atoms with Crippen LogP contribution in [0.15, 0.2) is 47.4 Å². The second-order valence-electron chi connectivity index (χ2n) is 7.92. The molecule has 3 rings (SSSR count). The van der Waals surface area contributed by atoms with E-state index in [2.05, 4.69) is 6.07 Å². The highest BCUT2D eigenvalue weighted by Crippen LogP contribution is 2.33. The maximum absolute atomic E-state index is 14.3. The number of sulfonamides is 1. The Morgan fingerprint density at radius 2 is 1.82 bits per heavy atom. The molecule has 0 saturated carbocycles. The summed E-state index contributed by atoms with van der Waals surface area (Å²) in [5, 5.41) is 0. The van der Waals surface area contributed by atoms with Crippen LogP contribution in [0.25, 0.3) is 0 Å². The number of rotatable bonds is 8. The molecule has 2 aromatic rings. The Hall–Kier alpha value is -2.78. The lowest BCUT2D eigenvalue weighted by Gasteiger charge is -2.33. The summed E-state index contributed by atoms with van der Waals surface area (Å²) in [6.07, 6.45) is 2.74. The van der Waals surface area contributed by atoms with E-state index in [1.165, 1.54) is 5.56 Å². The molecule has 1 aliphatic rings. The van der Waals surface area contributed by atoms with Crippen molar-refractivity contribution in [2.24, 2.45) is 0 Å². The van der Waals surface area contributed by atoms with E-state index >= 15 is 0 Å². The van der Waals surface area contributed by atoms with Gasteiger partial charge in [-0.25, -0.2) is 17.6 Å². The summed E-state index contributed by atoms with van der Waals surface area (Å²) in [5.74, 6) is -2.22. The lowest BCUT2D eigenvalue weighted by molar-refractivity contribution is -0.135. The van der Waals surface area contributed by atoms with E-state index in [4.69, 9.17) is 4.74 Å². The summed E-state index contributed by atoms with van der Waals surface area (Å²) in [7, 11) is -2.42. The monoisotopic (exact) mass is 476 g/mol. The van der Waals surface area contributed by atoms with E-state index in [-0.39, 0.29) is 30.6 Å². The normalized spacial score (nSPS) is 15.7. The van der Waals surface area contributed by atoms with Gasteiger partial charge in [-0.15, -0.1) is 0 Å². The summed E-state index contributed by atoms with van der Waals surface area (Å²) in [4.78, 5) is 26.2. The molecule has 0 spiro atoms. The van der Waals surface area contributed by atoms with Gasteiger partial charge < -0.3 is 9.64 Å². The molecule has 1 aliphatic carbocycles. The number of hydrogen-bond acceptors (Lipinski definition) is 5. The van der Waals surface area contributed by atoms with Gasteiger partial charge in [0.05, 0.1) is 11.6 Å². The summed E-state index contributed by atoms with van der Waals surface area (Å²) in [6, 6.07) is 10.9. The molecule has 0 saturated heterocycles.